The van der Waals surface area contributed by atoms with Gasteiger partial charge in [0.25, 0.3) is 0 Å². The predicted molar refractivity (Wildman–Crippen MR) is 158 cm³/mol. The van der Waals surface area contributed by atoms with Gasteiger partial charge in [-0.2, -0.15) is 0 Å². The highest BCUT2D eigenvalue weighted by Gasteiger charge is 2.59. The first-order valence-electron chi connectivity index (χ1n) is 15.8. The number of esters is 2. The van der Waals surface area contributed by atoms with E-state index in [-0.39, 0.29) is 25.7 Å². The van der Waals surface area contributed by atoms with Crippen LogP contribution in [0.1, 0.15) is 95.6 Å². The summed E-state index contributed by atoms with van der Waals surface area (Å²) >= 11 is 0. The van der Waals surface area contributed by atoms with Crippen LogP contribution < -0.4 is 9.47 Å². The quantitative estimate of drug-likeness (QED) is 0.252. The van der Waals surface area contributed by atoms with Crippen LogP contribution in [0.4, 0.5) is 0 Å². The van der Waals surface area contributed by atoms with Crippen LogP contribution in [-0.2, 0) is 30.2 Å². The number of methoxy groups -OCH3 is 1. The van der Waals surface area contributed by atoms with E-state index in [1.807, 2.05) is 12.1 Å². The molecule has 3 heterocycles. The van der Waals surface area contributed by atoms with E-state index in [0.717, 1.165) is 56.3 Å². The van der Waals surface area contributed by atoms with Crippen LogP contribution in [-0.4, -0.2) is 83.5 Å². The molecule has 2 N–H and O–H groups in total. The van der Waals surface area contributed by atoms with Gasteiger partial charge in [-0.1, -0.05) is 19.8 Å². The van der Waals surface area contributed by atoms with Crippen LogP contribution >= 0.6 is 0 Å². The fraction of sp³-hybridized carbons (Fsp3) is 0.697. The van der Waals surface area contributed by atoms with Crippen molar-refractivity contribution < 1.29 is 43.5 Å². The Morgan fingerprint density at radius 2 is 1.86 bits per heavy atom. The molecule has 10 nitrogen and oxygen atoms in total. The van der Waals surface area contributed by atoms with Crippen molar-refractivity contribution in [3.8, 4) is 11.5 Å². The minimum absolute atomic E-state index is 0.0597. The molecular weight excluding hydrogens is 554 g/mol. The molecule has 1 spiro atoms. The molecular formula is C33H47NO9. The zero-order chi connectivity index (χ0) is 30.8. The topological polar surface area (TPSA) is 124 Å². The van der Waals surface area contributed by atoms with Crippen LogP contribution in [0.5, 0.6) is 11.5 Å². The first kappa shape index (κ1) is 31.6. The maximum Gasteiger partial charge on any atom is 0.339 e. The number of fused-ring (bicyclic) bond motifs is 3. The van der Waals surface area contributed by atoms with Gasteiger partial charge in [-0.25, -0.2) is 4.79 Å². The smallest absolute Gasteiger partial charge is 0.339 e. The van der Waals surface area contributed by atoms with E-state index in [1.165, 1.54) is 0 Å². The van der Waals surface area contributed by atoms with Gasteiger partial charge in [-0.3, -0.25) is 9.69 Å². The molecule has 0 bridgehead atoms. The van der Waals surface area contributed by atoms with Crippen molar-refractivity contribution >= 4 is 11.9 Å². The number of carbonyl (C=O) groups excluding carboxylic acids is 2. The van der Waals surface area contributed by atoms with Crippen molar-refractivity contribution in [1.29, 1.82) is 0 Å². The normalized spacial score (nSPS) is 25.6. The second-order valence-electron chi connectivity index (χ2n) is 13.1. The summed E-state index contributed by atoms with van der Waals surface area (Å²) in [6, 6.07) is 4.03. The molecule has 1 aromatic carbocycles. The van der Waals surface area contributed by atoms with Gasteiger partial charge in [-0.05, 0) is 94.7 Å². The summed E-state index contributed by atoms with van der Waals surface area (Å²) < 4.78 is 28.9. The van der Waals surface area contributed by atoms with E-state index in [1.54, 1.807) is 21.0 Å². The first-order chi connectivity index (χ1) is 20.5. The van der Waals surface area contributed by atoms with E-state index >= 15 is 0 Å². The fourth-order valence-corrected chi connectivity index (χ4v) is 7.22. The second-order valence-corrected chi connectivity index (χ2v) is 13.1. The molecule has 5 rings (SSSR count). The molecule has 0 amide bonds. The minimum atomic E-state index is -2.13. The third-order valence-electron chi connectivity index (χ3n) is 9.40. The van der Waals surface area contributed by atoms with Gasteiger partial charge in [0.15, 0.2) is 23.2 Å². The maximum atomic E-state index is 14.0. The summed E-state index contributed by atoms with van der Waals surface area (Å²) in [4.78, 5) is 29.3. The van der Waals surface area contributed by atoms with Crippen LogP contribution in [0.2, 0.25) is 0 Å². The summed E-state index contributed by atoms with van der Waals surface area (Å²) in [6.07, 6.45) is 6.61. The monoisotopic (exact) mass is 601 g/mol. The highest BCUT2D eigenvalue weighted by Crippen LogP contribution is 2.55. The van der Waals surface area contributed by atoms with Crippen LogP contribution in [0.3, 0.4) is 0 Å². The minimum Gasteiger partial charge on any atom is -0.497 e. The standard InChI is InChI=1S/C33H47NO9/c1-5-6-7-16-40-27(35)20-33(38,13-8-11-31(2,3)37)30(36)43-29-26(39-4)19-32-12-9-14-34(32)15-10-22-17-24-25(42-21-41-24)18-23(22)28(29)32/h17-19,28-29,37-38H,5-16,20-21H2,1-4H3. The summed E-state index contributed by atoms with van der Waals surface area (Å²) in [7, 11) is 1.57. The number of nitrogens with zero attached hydrogens (tertiary/aromatic N) is 1. The van der Waals surface area contributed by atoms with Crippen LogP contribution in [0.25, 0.3) is 0 Å². The van der Waals surface area contributed by atoms with Crippen molar-refractivity contribution in [3.63, 3.8) is 0 Å². The number of ether oxygens (including phenoxy) is 5. The van der Waals surface area contributed by atoms with Gasteiger partial charge in [-0.15, -0.1) is 0 Å². The maximum absolute atomic E-state index is 14.0. The van der Waals surface area contributed by atoms with E-state index in [2.05, 4.69) is 17.9 Å². The zero-order valence-corrected chi connectivity index (χ0v) is 26.0. The molecule has 0 aromatic heterocycles. The van der Waals surface area contributed by atoms with E-state index < -0.39 is 41.2 Å². The molecule has 43 heavy (non-hydrogen) atoms. The molecule has 10 heteroatoms. The Labute approximate surface area is 254 Å². The third-order valence-corrected chi connectivity index (χ3v) is 9.40. The van der Waals surface area contributed by atoms with Crippen molar-refractivity contribution in [1.82, 2.24) is 4.90 Å². The Kier molecular flexibility index (Phi) is 9.30. The molecule has 4 atom stereocenters. The van der Waals surface area contributed by atoms with E-state index in [0.29, 0.717) is 36.5 Å². The molecule has 1 aromatic rings. The van der Waals surface area contributed by atoms with Gasteiger partial charge in [0.1, 0.15) is 5.76 Å². The van der Waals surface area contributed by atoms with Crippen molar-refractivity contribution in [2.45, 2.75) is 114 Å². The van der Waals surface area contributed by atoms with Crippen LogP contribution in [0, 0.1) is 0 Å². The molecule has 4 aliphatic rings. The highest BCUT2D eigenvalue weighted by molar-refractivity contribution is 5.86. The largest absolute Gasteiger partial charge is 0.497 e. The number of unbranched alkanes of at least 4 members (excludes halogenated alkanes) is 2. The van der Waals surface area contributed by atoms with Gasteiger partial charge in [0.2, 0.25) is 6.79 Å². The number of carbonyl (C=O) groups is 2. The number of rotatable bonds is 13. The molecule has 1 saturated heterocycles. The van der Waals surface area contributed by atoms with Gasteiger partial charge in [0, 0.05) is 6.54 Å². The molecule has 238 valence electrons. The first-order valence-corrected chi connectivity index (χ1v) is 15.8. The lowest BCUT2D eigenvalue weighted by Crippen LogP contribution is -2.49. The average Bonchev–Trinajstić information content (AvgIpc) is 3.64. The molecule has 0 saturated carbocycles. The fourth-order valence-electron chi connectivity index (χ4n) is 7.22. The molecule has 1 aliphatic carbocycles. The Morgan fingerprint density at radius 3 is 2.58 bits per heavy atom. The Balaban J connectivity index is 1.44. The van der Waals surface area contributed by atoms with Crippen molar-refractivity contribution in [2.75, 3.05) is 33.6 Å². The lowest BCUT2D eigenvalue weighted by atomic mass is 9.77. The van der Waals surface area contributed by atoms with Crippen LogP contribution in [0.15, 0.2) is 24.0 Å². The molecule has 0 radical (unpaired) electrons. The number of hydrogen-bond donors (Lipinski definition) is 2. The summed E-state index contributed by atoms with van der Waals surface area (Å²) in [5, 5.41) is 22.0. The average molecular weight is 602 g/mol. The summed E-state index contributed by atoms with van der Waals surface area (Å²) in [5.74, 6) is 0.0398. The Hall–Kier alpha value is -2.82. The zero-order valence-electron chi connectivity index (χ0n) is 26.0. The third kappa shape index (κ3) is 6.51. The molecule has 3 aliphatic heterocycles. The van der Waals surface area contributed by atoms with E-state index in [9.17, 15) is 19.8 Å². The molecule has 1 fully saturated rings. The number of aliphatic hydroxyl groups is 2. The Bertz CT molecular complexity index is 1220. The van der Waals surface area contributed by atoms with Gasteiger partial charge < -0.3 is 33.9 Å². The lowest BCUT2D eigenvalue weighted by molar-refractivity contribution is -0.179. The number of benzene rings is 1. The lowest BCUT2D eigenvalue weighted by Gasteiger charge is -2.39. The SMILES string of the molecule is CCCCCOC(=O)CC(O)(CCCC(C)(C)O)C(=O)OC1C(OC)=CC23CCCN2CCc2cc4c(cc2C13)OCO4. The number of hydrogen-bond acceptors (Lipinski definition) is 10. The summed E-state index contributed by atoms with van der Waals surface area (Å²) in [6.45, 7) is 7.53. The highest BCUT2D eigenvalue weighted by atomic mass is 16.7. The predicted octanol–water partition coefficient (Wildman–Crippen LogP) is 4.14. The van der Waals surface area contributed by atoms with Gasteiger partial charge in [0.05, 0.1) is 37.2 Å². The molecule has 4 unspecified atom stereocenters. The van der Waals surface area contributed by atoms with E-state index in [4.69, 9.17) is 23.7 Å². The second kappa shape index (κ2) is 12.7. The summed E-state index contributed by atoms with van der Waals surface area (Å²) in [5.41, 5.74) is -1.43. The van der Waals surface area contributed by atoms with Gasteiger partial charge >= 0.3 is 11.9 Å². The van der Waals surface area contributed by atoms with Crippen molar-refractivity contribution in [2.24, 2.45) is 0 Å². The Morgan fingerprint density at radius 1 is 1.09 bits per heavy atom. The van der Waals surface area contributed by atoms with Crippen molar-refractivity contribution in [3.05, 3.63) is 35.1 Å².